The van der Waals surface area contributed by atoms with E-state index in [4.69, 9.17) is 14.6 Å². The van der Waals surface area contributed by atoms with Crippen LogP contribution in [-0.4, -0.2) is 41.3 Å². The smallest absolute Gasteiger partial charge is 0.333 e. The minimum Gasteiger partial charge on any atom is -0.460 e. The number of carbonyl (C=O) groups is 1. The number of hydrogen-bond acceptors (Lipinski definition) is 5. The molecule has 0 amide bonds. The Morgan fingerprint density at radius 2 is 2.07 bits per heavy atom. The highest BCUT2D eigenvalue weighted by molar-refractivity contribution is 5.86. The summed E-state index contributed by atoms with van der Waals surface area (Å²) in [5, 5.41) is 18.5. The van der Waals surface area contributed by atoms with Gasteiger partial charge < -0.3 is 19.7 Å². The third-order valence-electron chi connectivity index (χ3n) is 1.83. The van der Waals surface area contributed by atoms with Crippen molar-refractivity contribution >= 4 is 5.97 Å². The molecule has 0 heterocycles. The van der Waals surface area contributed by atoms with Crippen molar-refractivity contribution < 1.29 is 24.5 Å². The summed E-state index contributed by atoms with van der Waals surface area (Å²) in [6, 6.07) is 0. The second kappa shape index (κ2) is 5.85. The van der Waals surface area contributed by atoms with Gasteiger partial charge in [-0.1, -0.05) is 6.58 Å². The van der Waals surface area contributed by atoms with Gasteiger partial charge in [-0.2, -0.15) is 0 Å². The van der Waals surface area contributed by atoms with Gasteiger partial charge in [0.2, 0.25) is 0 Å². The molecule has 1 unspecified atom stereocenters. The summed E-state index contributed by atoms with van der Waals surface area (Å²) in [5.74, 6) is -2.13. The van der Waals surface area contributed by atoms with Crippen molar-refractivity contribution in [3.05, 3.63) is 12.2 Å². The van der Waals surface area contributed by atoms with Gasteiger partial charge in [0.25, 0.3) is 0 Å². The summed E-state index contributed by atoms with van der Waals surface area (Å²) in [6.07, 6.45) is -1.02. The fourth-order valence-corrected chi connectivity index (χ4v) is 0.626. The Kier molecular flexibility index (Phi) is 5.49. The van der Waals surface area contributed by atoms with E-state index in [9.17, 15) is 9.90 Å². The Labute approximate surface area is 89.3 Å². The molecule has 0 rings (SSSR count). The van der Waals surface area contributed by atoms with Gasteiger partial charge in [0.05, 0.1) is 6.61 Å². The van der Waals surface area contributed by atoms with E-state index in [0.717, 1.165) is 0 Å². The van der Waals surface area contributed by atoms with Crippen LogP contribution in [0, 0.1) is 0 Å². The molecule has 5 nitrogen and oxygen atoms in total. The highest BCUT2D eigenvalue weighted by Crippen LogP contribution is 2.10. The van der Waals surface area contributed by atoms with Crippen LogP contribution >= 0.6 is 0 Å². The summed E-state index contributed by atoms with van der Waals surface area (Å²) in [5.41, 5.74) is 0.303. The van der Waals surface area contributed by atoms with Gasteiger partial charge in [-0.05, 0) is 20.8 Å². The molecule has 0 radical (unpaired) electrons. The van der Waals surface area contributed by atoms with Crippen LogP contribution in [0.2, 0.25) is 0 Å². The maximum absolute atomic E-state index is 10.9. The molecule has 88 valence electrons. The van der Waals surface area contributed by atoms with Crippen LogP contribution in [-0.2, 0) is 14.3 Å². The predicted octanol–water partition coefficient (Wildman–Crippen LogP) is 0.212. The van der Waals surface area contributed by atoms with Crippen molar-refractivity contribution in [2.45, 2.75) is 32.7 Å². The molecule has 0 aliphatic heterocycles. The summed E-state index contributed by atoms with van der Waals surface area (Å²) in [4.78, 5) is 10.9. The van der Waals surface area contributed by atoms with Crippen LogP contribution in [0.1, 0.15) is 20.8 Å². The number of ether oxygens (including phenoxy) is 2. The lowest BCUT2D eigenvalue weighted by Crippen LogP contribution is -2.40. The van der Waals surface area contributed by atoms with Crippen LogP contribution in [0.25, 0.3) is 0 Å². The van der Waals surface area contributed by atoms with E-state index in [0.29, 0.717) is 5.57 Å². The third kappa shape index (κ3) is 5.51. The van der Waals surface area contributed by atoms with Gasteiger partial charge in [-0.15, -0.1) is 0 Å². The topological polar surface area (TPSA) is 76.0 Å². The number of esters is 1. The fraction of sp³-hybridized carbons (Fsp3) is 0.700. The lowest BCUT2D eigenvalue weighted by atomic mass is 10.2. The third-order valence-corrected chi connectivity index (χ3v) is 1.83. The maximum Gasteiger partial charge on any atom is 0.333 e. The van der Waals surface area contributed by atoms with Gasteiger partial charge in [0.1, 0.15) is 12.7 Å². The summed E-state index contributed by atoms with van der Waals surface area (Å²) in [6.45, 7) is 7.70. The molecule has 0 spiro atoms. The molecule has 2 N–H and O–H groups in total. The summed E-state index contributed by atoms with van der Waals surface area (Å²) in [7, 11) is 0. The molecule has 5 heteroatoms. The van der Waals surface area contributed by atoms with Gasteiger partial charge in [0.15, 0.2) is 5.79 Å². The Balaban J connectivity index is 3.72. The number of rotatable bonds is 6. The molecular formula is C10H18O5. The Bertz CT molecular complexity index is 232. The van der Waals surface area contributed by atoms with Crippen LogP contribution < -0.4 is 0 Å². The standard InChI is InChI=1S/C10H18O5/c1-7(2)9(12)14-5-6-15-10(4,13)8(3)11/h8,11,13H,1,5-6H2,2-4H3/t8-,10?/m0/s1. The van der Waals surface area contributed by atoms with E-state index in [-0.39, 0.29) is 13.2 Å². The van der Waals surface area contributed by atoms with Crippen molar-refractivity contribution in [1.29, 1.82) is 0 Å². The maximum atomic E-state index is 10.9. The molecule has 0 aromatic heterocycles. The van der Waals surface area contributed by atoms with E-state index in [1.54, 1.807) is 0 Å². The zero-order valence-electron chi connectivity index (χ0n) is 9.32. The quantitative estimate of drug-likeness (QED) is 0.288. The average molecular weight is 218 g/mol. The lowest BCUT2D eigenvalue weighted by molar-refractivity contribution is -0.243. The van der Waals surface area contributed by atoms with Crippen LogP contribution in [0.3, 0.4) is 0 Å². The van der Waals surface area contributed by atoms with Gasteiger partial charge >= 0.3 is 5.97 Å². The number of carbonyl (C=O) groups excluding carboxylic acids is 1. The second-order valence-electron chi connectivity index (χ2n) is 3.50. The van der Waals surface area contributed by atoms with Crippen LogP contribution in [0.4, 0.5) is 0 Å². The summed E-state index contributed by atoms with van der Waals surface area (Å²) >= 11 is 0. The van der Waals surface area contributed by atoms with Crippen molar-refractivity contribution in [3.8, 4) is 0 Å². The number of aliphatic hydroxyl groups is 2. The fourth-order valence-electron chi connectivity index (χ4n) is 0.626. The average Bonchev–Trinajstić information content (AvgIpc) is 2.11. The van der Waals surface area contributed by atoms with Gasteiger partial charge in [-0.3, -0.25) is 0 Å². The molecule has 0 saturated carbocycles. The summed E-state index contributed by atoms with van der Waals surface area (Å²) < 4.78 is 9.64. The zero-order chi connectivity index (χ0) is 12.1. The number of hydrogen-bond donors (Lipinski definition) is 2. The van der Waals surface area contributed by atoms with E-state index in [1.807, 2.05) is 0 Å². The van der Waals surface area contributed by atoms with Crippen LogP contribution in [0.15, 0.2) is 12.2 Å². The molecule has 0 bridgehead atoms. The molecule has 0 aliphatic rings. The van der Waals surface area contributed by atoms with E-state index < -0.39 is 17.9 Å². The van der Waals surface area contributed by atoms with Crippen molar-refractivity contribution in [2.75, 3.05) is 13.2 Å². The Hall–Kier alpha value is -0.910. The highest BCUT2D eigenvalue weighted by Gasteiger charge is 2.27. The van der Waals surface area contributed by atoms with E-state index in [2.05, 4.69) is 6.58 Å². The van der Waals surface area contributed by atoms with Crippen molar-refractivity contribution in [2.24, 2.45) is 0 Å². The molecule has 0 fully saturated rings. The first-order valence-corrected chi connectivity index (χ1v) is 4.64. The molecule has 0 saturated heterocycles. The minimum atomic E-state index is -1.63. The first-order chi connectivity index (χ1) is 6.77. The minimum absolute atomic E-state index is 0.00850. The largest absolute Gasteiger partial charge is 0.460 e. The molecular weight excluding hydrogens is 200 g/mol. The Morgan fingerprint density at radius 1 is 1.53 bits per heavy atom. The van der Waals surface area contributed by atoms with E-state index in [1.165, 1.54) is 20.8 Å². The van der Waals surface area contributed by atoms with Crippen molar-refractivity contribution in [3.63, 3.8) is 0 Å². The van der Waals surface area contributed by atoms with E-state index >= 15 is 0 Å². The monoisotopic (exact) mass is 218 g/mol. The number of aliphatic hydroxyl groups excluding tert-OH is 1. The first kappa shape index (κ1) is 14.1. The SMILES string of the molecule is C=C(C)C(=O)OCCOC(C)(O)[C@H](C)O. The van der Waals surface area contributed by atoms with Crippen LogP contribution in [0.5, 0.6) is 0 Å². The van der Waals surface area contributed by atoms with Gasteiger partial charge in [-0.25, -0.2) is 4.79 Å². The van der Waals surface area contributed by atoms with Gasteiger partial charge in [0, 0.05) is 5.57 Å². The molecule has 2 atom stereocenters. The lowest BCUT2D eigenvalue weighted by Gasteiger charge is -2.26. The van der Waals surface area contributed by atoms with Crippen molar-refractivity contribution in [1.82, 2.24) is 0 Å². The molecule has 15 heavy (non-hydrogen) atoms. The highest BCUT2D eigenvalue weighted by atomic mass is 16.6. The molecule has 0 aromatic rings. The predicted molar refractivity (Wildman–Crippen MR) is 54.0 cm³/mol. The zero-order valence-corrected chi connectivity index (χ0v) is 9.32. The molecule has 0 aromatic carbocycles. The first-order valence-electron chi connectivity index (χ1n) is 4.64. The molecule has 0 aliphatic carbocycles. The Morgan fingerprint density at radius 3 is 2.47 bits per heavy atom. The normalized spacial score (nSPS) is 16.6. The second-order valence-corrected chi connectivity index (χ2v) is 3.50.